The number of H-pyrrole nitrogens is 1. The average Bonchev–Trinajstić information content (AvgIpc) is 3.25. The number of carbonyl (C=O) groups is 2. The van der Waals surface area contributed by atoms with Crippen molar-refractivity contribution in [2.24, 2.45) is 0 Å². The van der Waals surface area contributed by atoms with Gasteiger partial charge in [0.15, 0.2) is 0 Å². The number of hydrogen-bond acceptors (Lipinski definition) is 3. The van der Waals surface area contributed by atoms with Crippen LogP contribution in [0.25, 0.3) is 33.3 Å². The minimum absolute atomic E-state index is 0.00226. The number of aromatic nitrogens is 2. The molecule has 0 saturated carbocycles. The summed E-state index contributed by atoms with van der Waals surface area (Å²) in [5, 5.41) is 12.4. The number of nitrogens with one attached hydrogen (secondary N) is 2. The van der Waals surface area contributed by atoms with E-state index in [1.165, 1.54) is 10.8 Å². The number of carbonyl (C=O) groups excluding carboxylic acids is 1. The summed E-state index contributed by atoms with van der Waals surface area (Å²) in [6, 6.07) is 20.7. The molecule has 3 N–H and O–H groups in total. The van der Waals surface area contributed by atoms with Crippen molar-refractivity contribution in [1.82, 2.24) is 15.3 Å². The summed E-state index contributed by atoms with van der Waals surface area (Å²) in [5.74, 6) is -2.76. The molecule has 2 aromatic heterocycles. The van der Waals surface area contributed by atoms with Gasteiger partial charge in [-0.05, 0) is 35.0 Å². The Morgan fingerprint density at radius 1 is 0.970 bits per heavy atom. The van der Waals surface area contributed by atoms with E-state index in [1.807, 2.05) is 30.5 Å². The molecule has 168 valence electrons. The molecule has 0 atom stereocenters. The number of fused-ring (bicyclic) bond motifs is 2. The molecular weight excluding hydrogens is 435 g/mol. The van der Waals surface area contributed by atoms with Gasteiger partial charge >= 0.3 is 12.1 Å². The Labute approximate surface area is 186 Å². The quantitative estimate of drug-likeness (QED) is 0.406. The molecule has 0 saturated heterocycles. The summed E-state index contributed by atoms with van der Waals surface area (Å²) < 4.78 is 31.7. The van der Waals surface area contributed by atoms with Gasteiger partial charge in [-0.15, -0.1) is 0 Å². The van der Waals surface area contributed by atoms with E-state index >= 15 is 0 Å². The summed E-state index contributed by atoms with van der Waals surface area (Å²) in [4.78, 5) is 28.8. The second-order valence-corrected chi connectivity index (χ2v) is 7.38. The average molecular weight is 453 g/mol. The third-order valence-electron chi connectivity index (χ3n) is 5.16. The van der Waals surface area contributed by atoms with Crippen molar-refractivity contribution in [3.8, 4) is 22.5 Å². The lowest BCUT2D eigenvalue weighted by Crippen LogP contribution is -2.31. The van der Waals surface area contributed by atoms with Crippen LogP contribution in [0.5, 0.6) is 0 Å². The predicted octanol–water partition coefficient (Wildman–Crippen LogP) is 4.82. The molecule has 0 fully saturated rings. The van der Waals surface area contributed by atoms with Gasteiger partial charge in [0, 0.05) is 41.7 Å². The van der Waals surface area contributed by atoms with Crippen molar-refractivity contribution in [1.29, 1.82) is 0 Å². The maximum Gasteiger partial charge on any atom is 0.490 e. The van der Waals surface area contributed by atoms with Crippen molar-refractivity contribution < 1.29 is 27.9 Å². The largest absolute Gasteiger partial charge is 0.490 e. The van der Waals surface area contributed by atoms with E-state index in [4.69, 9.17) is 9.90 Å². The Kier molecular flexibility index (Phi) is 5.87. The fourth-order valence-electron chi connectivity index (χ4n) is 3.55. The van der Waals surface area contributed by atoms with Gasteiger partial charge in [0.1, 0.15) is 0 Å². The van der Waals surface area contributed by atoms with Crippen LogP contribution in [0.1, 0.15) is 16.1 Å². The van der Waals surface area contributed by atoms with Crippen LogP contribution in [0, 0.1) is 0 Å². The van der Waals surface area contributed by atoms with Crippen molar-refractivity contribution in [3.05, 3.63) is 78.1 Å². The van der Waals surface area contributed by atoms with E-state index in [2.05, 4.69) is 51.7 Å². The van der Waals surface area contributed by atoms with Crippen LogP contribution < -0.4 is 5.32 Å². The lowest BCUT2D eigenvalue weighted by Gasteiger charge is -2.11. The molecule has 1 amide bonds. The zero-order valence-electron chi connectivity index (χ0n) is 17.1. The van der Waals surface area contributed by atoms with Crippen molar-refractivity contribution >= 4 is 22.6 Å². The summed E-state index contributed by atoms with van der Waals surface area (Å²) in [5.41, 5.74) is 5.75. The number of aromatic amines is 1. The van der Waals surface area contributed by atoms with Gasteiger partial charge in [0.05, 0.1) is 11.3 Å². The number of carboxylic acid groups (broad SMARTS) is 1. The minimum Gasteiger partial charge on any atom is -0.475 e. The number of aliphatic carboxylic acids is 1. The Bertz CT molecular complexity index is 1350. The summed E-state index contributed by atoms with van der Waals surface area (Å²) in [6.07, 6.45) is -2.43. The molecule has 2 aromatic carbocycles. The van der Waals surface area contributed by atoms with Gasteiger partial charge in [0.25, 0.3) is 5.91 Å². The Hall–Kier alpha value is -4.14. The molecule has 0 unspecified atom stereocenters. The number of benzene rings is 2. The Morgan fingerprint density at radius 3 is 2.39 bits per heavy atom. The summed E-state index contributed by atoms with van der Waals surface area (Å²) >= 11 is 0. The molecule has 1 aliphatic heterocycles. The van der Waals surface area contributed by atoms with Crippen LogP contribution >= 0.6 is 0 Å². The monoisotopic (exact) mass is 453 g/mol. The third-order valence-corrected chi connectivity index (χ3v) is 5.16. The van der Waals surface area contributed by atoms with Gasteiger partial charge in [0.2, 0.25) is 0 Å². The lowest BCUT2D eigenvalue weighted by atomic mass is 10.0. The highest BCUT2D eigenvalue weighted by Gasteiger charge is 2.38. The first-order chi connectivity index (χ1) is 15.7. The van der Waals surface area contributed by atoms with Crippen LogP contribution in [-0.2, 0) is 11.2 Å². The van der Waals surface area contributed by atoms with Gasteiger partial charge in [-0.25, -0.2) is 4.79 Å². The number of rotatable bonds is 2. The van der Waals surface area contributed by atoms with Crippen LogP contribution in [0.3, 0.4) is 0 Å². The SMILES string of the molecule is O=C(O)C(F)(F)F.O=C1NCCc2[nH]c(-c3ccnc(-c4ccc5ccccc5c4)c3)cc21. The second kappa shape index (κ2) is 8.78. The summed E-state index contributed by atoms with van der Waals surface area (Å²) in [7, 11) is 0. The molecule has 5 rings (SSSR count). The fourth-order valence-corrected chi connectivity index (χ4v) is 3.55. The van der Waals surface area contributed by atoms with Crippen molar-refractivity contribution in [3.63, 3.8) is 0 Å². The second-order valence-electron chi connectivity index (χ2n) is 7.38. The van der Waals surface area contributed by atoms with Gasteiger partial charge in [-0.2, -0.15) is 13.2 Å². The van der Waals surface area contributed by atoms with Gasteiger partial charge < -0.3 is 15.4 Å². The smallest absolute Gasteiger partial charge is 0.475 e. The molecule has 6 nitrogen and oxygen atoms in total. The first-order valence-electron chi connectivity index (χ1n) is 9.98. The van der Waals surface area contributed by atoms with Crippen molar-refractivity contribution in [2.75, 3.05) is 6.54 Å². The van der Waals surface area contributed by atoms with E-state index in [-0.39, 0.29) is 5.91 Å². The molecule has 3 heterocycles. The number of halogens is 3. The van der Waals surface area contributed by atoms with Crippen molar-refractivity contribution in [2.45, 2.75) is 12.6 Å². The highest BCUT2D eigenvalue weighted by Crippen LogP contribution is 2.28. The number of hydrogen-bond donors (Lipinski definition) is 3. The first kappa shape index (κ1) is 22.1. The molecule has 0 bridgehead atoms. The predicted molar refractivity (Wildman–Crippen MR) is 117 cm³/mol. The van der Waals surface area contributed by atoms with E-state index in [9.17, 15) is 18.0 Å². The lowest BCUT2D eigenvalue weighted by molar-refractivity contribution is -0.192. The van der Waals surface area contributed by atoms with Crippen LogP contribution in [0.15, 0.2) is 66.9 Å². The normalized spacial score (nSPS) is 13.0. The Balaban J connectivity index is 0.000000325. The number of pyridine rings is 1. The van der Waals surface area contributed by atoms with E-state index < -0.39 is 12.1 Å². The van der Waals surface area contributed by atoms with E-state index in [1.54, 1.807) is 0 Å². The maximum absolute atomic E-state index is 12.0. The highest BCUT2D eigenvalue weighted by molar-refractivity contribution is 5.98. The highest BCUT2D eigenvalue weighted by atomic mass is 19.4. The standard InChI is InChI=1S/C22H17N3O.C2HF3O2/c26-22-18-13-21(25-19(18)8-10-24-22)17-7-9-23-20(12-17)16-6-5-14-3-1-2-4-15(14)11-16;3-2(4,5)1(6)7/h1-7,9,11-13,25H,8,10H2,(H,24,26);(H,6,7). The van der Waals surface area contributed by atoms with E-state index in [0.29, 0.717) is 6.54 Å². The molecule has 4 aromatic rings. The number of carboxylic acids is 1. The zero-order valence-corrected chi connectivity index (χ0v) is 17.1. The summed E-state index contributed by atoms with van der Waals surface area (Å²) in [6.45, 7) is 0.685. The number of nitrogens with zero attached hydrogens (tertiary/aromatic N) is 1. The van der Waals surface area contributed by atoms with Crippen LogP contribution in [0.2, 0.25) is 0 Å². The molecule has 33 heavy (non-hydrogen) atoms. The maximum atomic E-state index is 12.0. The molecule has 9 heteroatoms. The topological polar surface area (TPSA) is 95.1 Å². The first-order valence-corrected chi connectivity index (χ1v) is 9.98. The fraction of sp³-hybridized carbons (Fsp3) is 0.125. The van der Waals surface area contributed by atoms with Gasteiger partial charge in [-0.1, -0.05) is 36.4 Å². The third kappa shape index (κ3) is 4.87. The molecular formula is C24H18F3N3O3. The van der Waals surface area contributed by atoms with Crippen LogP contribution in [-0.4, -0.2) is 39.7 Å². The van der Waals surface area contributed by atoms with Crippen LogP contribution in [0.4, 0.5) is 13.2 Å². The molecule has 0 spiro atoms. The number of amides is 1. The zero-order chi connectivity index (χ0) is 23.6. The van der Waals surface area contributed by atoms with E-state index in [0.717, 1.165) is 40.2 Å². The Morgan fingerprint density at radius 2 is 1.70 bits per heavy atom. The molecule has 0 radical (unpaired) electrons. The van der Waals surface area contributed by atoms with Gasteiger partial charge in [-0.3, -0.25) is 9.78 Å². The molecule has 1 aliphatic rings. The minimum atomic E-state index is -5.08. The number of alkyl halides is 3. The molecule has 0 aliphatic carbocycles.